The highest BCUT2D eigenvalue weighted by Gasteiger charge is 2.56. The smallest absolute Gasteiger partial charge is 0.0964 e. The van der Waals surface area contributed by atoms with Gasteiger partial charge in [0.15, 0.2) is 0 Å². The van der Waals surface area contributed by atoms with Crippen LogP contribution < -0.4 is 0 Å². The van der Waals surface area contributed by atoms with Gasteiger partial charge in [-0.2, -0.15) is 0 Å². The van der Waals surface area contributed by atoms with E-state index in [0.717, 1.165) is 0 Å². The summed E-state index contributed by atoms with van der Waals surface area (Å²) >= 11 is 10.9. The summed E-state index contributed by atoms with van der Waals surface area (Å²) in [7, 11) is 0. The van der Waals surface area contributed by atoms with Gasteiger partial charge in [-0.05, 0) is 31.6 Å². The van der Waals surface area contributed by atoms with Crippen molar-refractivity contribution in [3.8, 4) is 0 Å². The number of hydrogen-bond donors (Lipinski definition) is 0. The summed E-state index contributed by atoms with van der Waals surface area (Å²) in [5, 5.41) is 0. The molecule has 2 heterocycles. The lowest BCUT2D eigenvalue weighted by molar-refractivity contribution is -0.206. The van der Waals surface area contributed by atoms with Gasteiger partial charge in [0.25, 0.3) is 0 Å². The molecular formula is C10H15Br3O. The molecule has 2 aliphatic heterocycles. The lowest BCUT2D eigenvalue weighted by Gasteiger charge is -2.58. The molecular weight excluding hydrogens is 376 g/mol. The van der Waals surface area contributed by atoms with Crippen LogP contribution in [-0.4, -0.2) is 20.3 Å². The molecule has 4 unspecified atom stereocenters. The van der Waals surface area contributed by atoms with Gasteiger partial charge in [-0.15, -0.1) is 0 Å². The molecule has 0 aromatic rings. The number of hydrogen-bond acceptors (Lipinski definition) is 1. The largest absolute Gasteiger partial charge is 0.368 e. The third-order valence-corrected chi connectivity index (χ3v) is 6.07. The van der Waals surface area contributed by atoms with E-state index in [1.165, 1.54) is 19.3 Å². The topological polar surface area (TPSA) is 9.23 Å². The van der Waals surface area contributed by atoms with Crippen molar-refractivity contribution < 1.29 is 4.74 Å². The molecule has 0 radical (unpaired) electrons. The first-order valence-electron chi connectivity index (χ1n) is 4.97. The molecule has 1 nitrogen and oxygen atoms in total. The molecule has 14 heavy (non-hydrogen) atoms. The van der Waals surface area contributed by atoms with E-state index in [1.54, 1.807) is 0 Å². The molecule has 3 rings (SSSR count). The van der Waals surface area contributed by atoms with Crippen molar-refractivity contribution in [3.05, 3.63) is 0 Å². The first kappa shape index (κ1) is 11.9. The molecule has 0 spiro atoms. The molecule has 2 saturated heterocycles. The normalized spacial score (nSPS) is 52.7. The van der Waals surface area contributed by atoms with E-state index in [2.05, 4.69) is 61.6 Å². The summed E-state index contributed by atoms with van der Waals surface area (Å²) in [5.41, 5.74) is 0.339. The van der Waals surface area contributed by atoms with Gasteiger partial charge >= 0.3 is 0 Å². The highest BCUT2D eigenvalue weighted by molar-refractivity contribution is 9.24. The standard InChI is InChI=1S/C10H15Br3O/c1-9-3-4-10(2,6(11)5-9)14-7(9)8(12)13/h6-8H,3-5H2,1-2H3. The highest BCUT2D eigenvalue weighted by Crippen LogP contribution is 2.56. The van der Waals surface area contributed by atoms with Crippen molar-refractivity contribution in [1.29, 1.82) is 0 Å². The second-order valence-corrected chi connectivity index (χ2v) is 9.32. The average Bonchev–Trinajstić information content (AvgIpc) is 2.07. The molecule has 0 amide bonds. The van der Waals surface area contributed by atoms with E-state index in [1.807, 2.05) is 0 Å². The predicted molar refractivity (Wildman–Crippen MR) is 69.6 cm³/mol. The van der Waals surface area contributed by atoms with Crippen LogP contribution in [-0.2, 0) is 4.74 Å². The summed E-state index contributed by atoms with van der Waals surface area (Å²) in [6.07, 6.45) is 3.93. The molecule has 82 valence electrons. The van der Waals surface area contributed by atoms with Gasteiger partial charge in [0.2, 0.25) is 0 Å². The van der Waals surface area contributed by atoms with Crippen LogP contribution in [0.2, 0.25) is 0 Å². The van der Waals surface area contributed by atoms with Crippen LogP contribution in [0.1, 0.15) is 33.1 Å². The number of halogens is 3. The van der Waals surface area contributed by atoms with Crippen LogP contribution in [0.3, 0.4) is 0 Å². The van der Waals surface area contributed by atoms with E-state index >= 15 is 0 Å². The Morgan fingerprint density at radius 3 is 2.43 bits per heavy atom. The summed E-state index contributed by atoms with van der Waals surface area (Å²) in [5.74, 6) is 0. The lowest BCUT2D eigenvalue weighted by atomic mass is 9.64. The van der Waals surface area contributed by atoms with Crippen molar-refractivity contribution in [3.63, 3.8) is 0 Å². The fourth-order valence-electron chi connectivity index (χ4n) is 2.60. The quantitative estimate of drug-likeness (QED) is 0.609. The Kier molecular flexibility index (Phi) is 3.15. The zero-order chi connectivity index (χ0) is 10.6. The molecule has 0 aromatic carbocycles. The first-order chi connectivity index (χ1) is 6.37. The second-order valence-electron chi connectivity index (χ2n) is 5.01. The third kappa shape index (κ3) is 1.74. The van der Waals surface area contributed by atoms with E-state index in [4.69, 9.17) is 4.74 Å². The number of fused-ring (bicyclic) bond motifs is 3. The van der Waals surface area contributed by atoms with Gasteiger partial charge in [0.05, 0.1) is 15.4 Å². The van der Waals surface area contributed by atoms with E-state index < -0.39 is 0 Å². The third-order valence-electron chi connectivity index (χ3n) is 3.81. The molecule has 0 N–H and O–H groups in total. The fourth-order valence-corrected chi connectivity index (χ4v) is 5.17. The van der Waals surface area contributed by atoms with Crippen LogP contribution in [0.15, 0.2) is 0 Å². The molecule has 3 fully saturated rings. The molecule has 1 saturated carbocycles. The Morgan fingerprint density at radius 1 is 1.29 bits per heavy atom. The Bertz CT molecular complexity index is 246. The minimum atomic E-state index is 0.0300. The Morgan fingerprint density at radius 2 is 1.93 bits per heavy atom. The summed E-state index contributed by atoms with van der Waals surface area (Å²) in [6.45, 7) is 4.56. The van der Waals surface area contributed by atoms with Crippen molar-refractivity contribution in [2.24, 2.45) is 5.41 Å². The van der Waals surface area contributed by atoms with Crippen molar-refractivity contribution in [2.75, 3.05) is 0 Å². The van der Waals surface area contributed by atoms with Gasteiger partial charge in [-0.3, -0.25) is 0 Å². The van der Waals surface area contributed by atoms with Crippen LogP contribution in [0, 0.1) is 5.41 Å². The summed E-state index contributed by atoms with van der Waals surface area (Å²) in [4.78, 5) is 0.503. The number of rotatable bonds is 1. The monoisotopic (exact) mass is 388 g/mol. The zero-order valence-electron chi connectivity index (χ0n) is 8.40. The Labute approximate surface area is 111 Å². The minimum Gasteiger partial charge on any atom is -0.368 e. The molecule has 4 atom stereocenters. The van der Waals surface area contributed by atoms with Crippen molar-refractivity contribution in [2.45, 2.75) is 53.4 Å². The van der Waals surface area contributed by atoms with Crippen LogP contribution in [0.25, 0.3) is 0 Å². The first-order valence-corrected chi connectivity index (χ1v) is 7.72. The van der Waals surface area contributed by atoms with Crippen molar-refractivity contribution >= 4 is 47.8 Å². The van der Waals surface area contributed by atoms with Crippen LogP contribution >= 0.6 is 47.8 Å². The SMILES string of the molecule is CC12CCC(C)(OC1C(Br)Br)C(Br)C2. The summed E-state index contributed by atoms with van der Waals surface area (Å²) in [6, 6.07) is 0. The fraction of sp³-hybridized carbons (Fsp3) is 1.00. The predicted octanol–water partition coefficient (Wildman–Crippen LogP) is 4.21. The second kappa shape index (κ2) is 3.71. The maximum absolute atomic E-state index is 6.21. The molecule has 4 heteroatoms. The van der Waals surface area contributed by atoms with E-state index in [-0.39, 0.29) is 15.4 Å². The minimum absolute atomic E-state index is 0.0300. The summed E-state index contributed by atoms with van der Waals surface area (Å²) < 4.78 is 6.47. The van der Waals surface area contributed by atoms with Gasteiger partial charge in [-0.1, -0.05) is 54.7 Å². The molecule has 2 bridgehead atoms. The Hall–Kier alpha value is 1.40. The number of ether oxygens (including phenoxy) is 1. The van der Waals surface area contributed by atoms with Gasteiger partial charge in [-0.25, -0.2) is 0 Å². The van der Waals surface area contributed by atoms with E-state index in [0.29, 0.717) is 10.2 Å². The average molecular weight is 391 g/mol. The van der Waals surface area contributed by atoms with E-state index in [9.17, 15) is 0 Å². The maximum atomic E-state index is 6.21. The molecule has 1 aliphatic carbocycles. The maximum Gasteiger partial charge on any atom is 0.0964 e. The Balaban J connectivity index is 2.26. The van der Waals surface area contributed by atoms with Gasteiger partial charge in [0, 0.05) is 4.83 Å². The molecule has 0 aromatic heterocycles. The van der Waals surface area contributed by atoms with Crippen molar-refractivity contribution in [1.82, 2.24) is 0 Å². The molecule has 3 aliphatic rings. The van der Waals surface area contributed by atoms with Crippen LogP contribution in [0.4, 0.5) is 0 Å². The van der Waals surface area contributed by atoms with Crippen LogP contribution in [0.5, 0.6) is 0 Å². The van der Waals surface area contributed by atoms with Gasteiger partial charge < -0.3 is 4.74 Å². The zero-order valence-corrected chi connectivity index (χ0v) is 13.2. The van der Waals surface area contributed by atoms with Gasteiger partial charge in [0.1, 0.15) is 0 Å². The lowest BCUT2D eigenvalue weighted by Crippen LogP contribution is -2.61. The number of alkyl halides is 3. The highest BCUT2D eigenvalue weighted by atomic mass is 79.9.